The van der Waals surface area contributed by atoms with Crippen molar-refractivity contribution in [3.05, 3.63) is 46.3 Å². The smallest absolute Gasteiger partial charge is 0.407 e. The standard InChI is InChI=1S/C22H21N5O4/c1-11-16(13-7-23-26(8-13)15-9-25(10-15)22(29)30)5-6-17-19(11)27(14-3-4-14)21(28)18-20(17)31-12(2)24-18/h5-8,14-15H,3-4,9-10H2,1-2H3,(H,29,30). The molecular formula is C22H21N5O4. The highest BCUT2D eigenvalue weighted by molar-refractivity contribution is 6.04. The molecule has 4 heterocycles. The Balaban J connectivity index is 1.50. The van der Waals surface area contributed by atoms with Crippen LogP contribution in [0, 0.1) is 13.8 Å². The van der Waals surface area contributed by atoms with Crippen LogP contribution in [-0.4, -0.2) is 48.5 Å². The summed E-state index contributed by atoms with van der Waals surface area (Å²) in [5.74, 6) is 0.487. The van der Waals surface area contributed by atoms with Gasteiger partial charge in [0.15, 0.2) is 17.0 Å². The molecule has 0 atom stereocenters. The van der Waals surface area contributed by atoms with Gasteiger partial charge in [0.2, 0.25) is 0 Å². The number of hydrogen-bond donors (Lipinski definition) is 1. The summed E-state index contributed by atoms with van der Waals surface area (Å²) in [5, 5.41) is 14.4. The number of carboxylic acid groups (broad SMARTS) is 1. The van der Waals surface area contributed by atoms with E-state index in [1.165, 1.54) is 4.90 Å². The van der Waals surface area contributed by atoms with Crippen LogP contribution in [0.4, 0.5) is 4.79 Å². The van der Waals surface area contributed by atoms with Crippen LogP contribution >= 0.6 is 0 Å². The average Bonchev–Trinajstić information content (AvgIpc) is 3.27. The van der Waals surface area contributed by atoms with Crippen molar-refractivity contribution in [2.24, 2.45) is 0 Å². The Hall–Kier alpha value is -3.62. The Bertz CT molecular complexity index is 1440. The molecule has 4 aromatic rings. The van der Waals surface area contributed by atoms with Crippen LogP contribution in [0.25, 0.3) is 33.1 Å². The summed E-state index contributed by atoms with van der Waals surface area (Å²) in [6, 6.07) is 4.27. The lowest BCUT2D eigenvalue weighted by Gasteiger charge is -2.36. The number of nitrogens with zero attached hydrogens (tertiary/aromatic N) is 5. The predicted octanol–water partition coefficient (Wildman–Crippen LogP) is 3.49. The van der Waals surface area contributed by atoms with E-state index in [1.807, 2.05) is 34.5 Å². The Labute approximate surface area is 176 Å². The van der Waals surface area contributed by atoms with Crippen LogP contribution in [-0.2, 0) is 0 Å². The van der Waals surface area contributed by atoms with E-state index in [0.717, 1.165) is 40.4 Å². The first-order valence-corrected chi connectivity index (χ1v) is 10.4. The maximum atomic E-state index is 13.2. The molecule has 2 aliphatic rings. The van der Waals surface area contributed by atoms with E-state index in [4.69, 9.17) is 9.52 Å². The van der Waals surface area contributed by atoms with Gasteiger partial charge < -0.3 is 19.0 Å². The van der Waals surface area contributed by atoms with Gasteiger partial charge in [-0.25, -0.2) is 9.78 Å². The third-order valence-corrected chi connectivity index (χ3v) is 6.40. The molecule has 31 heavy (non-hydrogen) atoms. The average molecular weight is 419 g/mol. The van der Waals surface area contributed by atoms with Crippen LogP contribution in [0.5, 0.6) is 0 Å². The zero-order valence-corrected chi connectivity index (χ0v) is 17.2. The molecule has 1 saturated heterocycles. The minimum absolute atomic E-state index is 0.0482. The third-order valence-electron chi connectivity index (χ3n) is 6.40. The summed E-state index contributed by atoms with van der Waals surface area (Å²) < 4.78 is 9.53. The van der Waals surface area contributed by atoms with Crippen molar-refractivity contribution in [2.75, 3.05) is 13.1 Å². The summed E-state index contributed by atoms with van der Waals surface area (Å²) in [4.78, 5) is 30.0. The molecule has 2 fully saturated rings. The van der Waals surface area contributed by atoms with Crippen molar-refractivity contribution in [2.45, 2.75) is 38.8 Å². The second kappa shape index (κ2) is 6.19. The number of fused-ring (bicyclic) bond motifs is 3. The van der Waals surface area contributed by atoms with Crippen LogP contribution in [0.1, 0.15) is 36.4 Å². The van der Waals surface area contributed by atoms with Crippen LogP contribution in [0.2, 0.25) is 0 Å². The first kappa shape index (κ1) is 18.2. The molecule has 1 aliphatic carbocycles. The minimum atomic E-state index is -0.902. The number of rotatable bonds is 3. The molecule has 0 spiro atoms. The number of pyridine rings is 1. The molecule has 1 aliphatic heterocycles. The lowest BCUT2D eigenvalue weighted by atomic mass is 9.99. The Morgan fingerprint density at radius 3 is 2.68 bits per heavy atom. The maximum absolute atomic E-state index is 13.2. The molecule has 1 N–H and O–H groups in total. The van der Waals surface area contributed by atoms with Gasteiger partial charge in [-0.15, -0.1) is 0 Å². The monoisotopic (exact) mass is 419 g/mol. The van der Waals surface area contributed by atoms with E-state index in [1.54, 1.807) is 13.1 Å². The first-order chi connectivity index (χ1) is 14.9. The molecule has 6 rings (SSSR count). The lowest BCUT2D eigenvalue weighted by Crippen LogP contribution is -2.50. The molecule has 9 nitrogen and oxygen atoms in total. The molecule has 1 aromatic carbocycles. The second-order valence-corrected chi connectivity index (χ2v) is 8.50. The number of likely N-dealkylation sites (tertiary alicyclic amines) is 1. The molecule has 1 amide bonds. The number of aryl methyl sites for hydroxylation is 2. The van der Waals surface area contributed by atoms with Gasteiger partial charge in [0, 0.05) is 43.2 Å². The molecule has 3 aromatic heterocycles. The highest BCUT2D eigenvalue weighted by Crippen LogP contribution is 2.40. The van der Waals surface area contributed by atoms with E-state index in [-0.39, 0.29) is 17.6 Å². The van der Waals surface area contributed by atoms with E-state index in [0.29, 0.717) is 30.1 Å². The number of hydrogen-bond acceptors (Lipinski definition) is 5. The number of carbonyl (C=O) groups is 1. The Morgan fingerprint density at radius 1 is 1.19 bits per heavy atom. The van der Waals surface area contributed by atoms with Crippen molar-refractivity contribution in [1.29, 1.82) is 0 Å². The van der Waals surface area contributed by atoms with Gasteiger partial charge in [-0.2, -0.15) is 5.10 Å². The van der Waals surface area contributed by atoms with Gasteiger partial charge in [-0.3, -0.25) is 9.48 Å². The summed E-state index contributed by atoms with van der Waals surface area (Å²) in [6.07, 6.45) is 4.82. The molecule has 158 valence electrons. The van der Waals surface area contributed by atoms with Crippen LogP contribution < -0.4 is 5.56 Å². The van der Waals surface area contributed by atoms with Crippen LogP contribution in [0.3, 0.4) is 0 Å². The van der Waals surface area contributed by atoms with Crippen LogP contribution in [0.15, 0.2) is 33.7 Å². The van der Waals surface area contributed by atoms with Crippen molar-refractivity contribution in [1.82, 2.24) is 24.2 Å². The summed E-state index contributed by atoms with van der Waals surface area (Å²) >= 11 is 0. The SMILES string of the molecule is Cc1nc2c(=O)n(C3CC3)c3c(C)c(-c4cnn(C5CN(C(=O)O)C5)c4)ccc3c2o1. The summed E-state index contributed by atoms with van der Waals surface area (Å²) in [6.45, 7) is 4.67. The number of amides is 1. The summed E-state index contributed by atoms with van der Waals surface area (Å²) in [5.41, 5.74) is 4.67. The van der Waals surface area contributed by atoms with E-state index < -0.39 is 6.09 Å². The minimum Gasteiger partial charge on any atom is -0.465 e. The third kappa shape index (κ3) is 2.62. The van der Waals surface area contributed by atoms with Crippen molar-refractivity contribution in [3.63, 3.8) is 0 Å². The molecule has 9 heteroatoms. The number of benzene rings is 1. The van der Waals surface area contributed by atoms with Gasteiger partial charge in [0.25, 0.3) is 5.56 Å². The topological polar surface area (TPSA) is 106 Å². The predicted molar refractivity (Wildman–Crippen MR) is 113 cm³/mol. The highest BCUT2D eigenvalue weighted by atomic mass is 16.4. The van der Waals surface area contributed by atoms with E-state index in [2.05, 4.69) is 10.1 Å². The summed E-state index contributed by atoms with van der Waals surface area (Å²) in [7, 11) is 0. The van der Waals surface area contributed by atoms with Crippen molar-refractivity contribution in [3.8, 4) is 11.1 Å². The zero-order chi connectivity index (χ0) is 21.4. The van der Waals surface area contributed by atoms with Gasteiger partial charge in [0.1, 0.15) is 0 Å². The number of aromatic nitrogens is 4. The molecule has 0 bridgehead atoms. The maximum Gasteiger partial charge on any atom is 0.407 e. The fourth-order valence-corrected chi connectivity index (χ4v) is 4.61. The largest absolute Gasteiger partial charge is 0.465 e. The van der Waals surface area contributed by atoms with E-state index in [9.17, 15) is 9.59 Å². The Morgan fingerprint density at radius 2 is 1.97 bits per heavy atom. The fourth-order valence-electron chi connectivity index (χ4n) is 4.61. The second-order valence-electron chi connectivity index (χ2n) is 8.50. The zero-order valence-electron chi connectivity index (χ0n) is 17.2. The van der Waals surface area contributed by atoms with Gasteiger partial charge in [-0.05, 0) is 37.0 Å². The molecule has 0 radical (unpaired) electrons. The quantitative estimate of drug-likeness (QED) is 0.545. The highest BCUT2D eigenvalue weighted by Gasteiger charge is 2.33. The molecule has 0 unspecified atom stereocenters. The van der Waals surface area contributed by atoms with Gasteiger partial charge >= 0.3 is 6.09 Å². The number of oxazole rings is 1. The van der Waals surface area contributed by atoms with Crippen molar-refractivity contribution < 1.29 is 14.3 Å². The van der Waals surface area contributed by atoms with Gasteiger partial charge in [-0.1, -0.05) is 6.07 Å². The fraction of sp³-hybridized carbons (Fsp3) is 0.364. The van der Waals surface area contributed by atoms with E-state index >= 15 is 0 Å². The Kier molecular flexibility index (Phi) is 3.63. The molecule has 1 saturated carbocycles. The lowest BCUT2D eigenvalue weighted by molar-refractivity contribution is 0.0812. The first-order valence-electron chi connectivity index (χ1n) is 10.4. The van der Waals surface area contributed by atoms with Crippen molar-refractivity contribution >= 4 is 28.1 Å². The van der Waals surface area contributed by atoms with Gasteiger partial charge in [0.05, 0.1) is 17.8 Å². The molecular weight excluding hydrogens is 398 g/mol. The normalized spacial score (nSPS) is 16.9.